The first-order chi connectivity index (χ1) is 13.5. The van der Waals surface area contributed by atoms with Crippen LogP contribution >= 0.6 is 0 Å². The Hall–Kier alpha value is -2.80. The fourth-order valence-electron chi connectivity index (χ4n) is 3.91. The maximum atomic E-state index is 11.9. The van der Waals surface area contributed by atoms with Crippen LogP contribution in [0, 0.1) is 6.92 Å². The highest BCUT2D eigenvalue weighted by molar-refractivity contribution is 5.74. The van der Waals surface area contributed by atoms with Gasteiger partial charge in [0.2, 0.25) is 5.75 Å². The summed E-state index contributed by atoms with van der Waals surface area (Å²) >= 11 is 0. The Bertz CT molecular complexity index is 829. The summed E-state index contributed by atoms with van der Waals surface area (Å²) in [6, 6.07) is 6.71. The predicted molar refractivity (Wildman–Crippen MR) is 104 cm³/mol. The highest BCUT2D eigenvalue weighted by atomic mass is 16.5. The molecule has 0 radical (unpaired) electrons. The molecule has 2 unspecified atom stereocenters. The van der Waals surface area contributed by atoms with Crippen LogP contribution in [0.1, 0.15) is 35.7 Å². The zero-order chi connectivity index (χ0) is 20.3. The molecule has 1 saturated heterocycles. The van der Waals surface area contributed by atoms with Gasteiger partial charge in [0.05, 0.1) is 33.1 Å². The first-order valence-corrected chi connectivity index (χ1v) is 9.21. The molecule has 0 bridgehead atoms. The molecule has 0 saturated carbocycles. The van der Waals surface area contributed by atoms with Crippen molar-refractivity contribution in [2.45, 2.75) is 31.8 Å². The Labute approximate surface area is 164 Å². The molecule has 2 heterocycles. The number of carboxylic acid groups (broad SMARTS) is 1. The molecule has 1 aliphatic heterocycles. The molecular weight excluding hydrogens is 360 g/mol. The van der Waals surface area contributed by atoms with E-state index in [-0.39, 0.29) is 6.04 Å². The van der Waals surface area contributed by atoms with Gasteiger partial charge in [-0.2, -0.15) is 0 Å². The van der Waals surface area contributed by atoms with E-state index in [4.69, 9.17) is 14.2 Å². The number of aryl methyl sites for hydroxylation is 1. The van der Waals surface area contributed by atoms with Crippen LogP contribution in [0.5, 0.6) is 17.2 Å². The van der Waals surface area contributed by atoms with Gasteiger partial charge in [0.1, 0.15) is 6.04 Å². The monoisotopic (exact) mass is 386 g/mol. The van der Waals surface area contributed by atoms with E-state index >= 15 is 0 Å². The molecule has 0 spiro atoms. The van der Waals surface area contributed by atoms with Crippen molar-refractivity contribution in [1.29, 1.82) is 0 Å². The van der Waals surface area contributed by atoms with Gasteiger partial charge in [-0.15, -0.1) is 0 Å². The molecule has 1 fully saturated rings. The van der Waals surface area contributed by atoms with E-state index < -0.39 is 12.0 Å². The van der Waals surface area contributed by atoms with Crippen LogP contribution in [0.2, 0.25) is 0 Å². The summed E-state index contributed by atoms with van der Waals surface area (Å²) in [5.41, 5.74) is 2.67. The van der Waals surface area contributed by atoms with Crippen LogP contribution in [0.15, 0.2) is 30.5 Å². The fourth-order valence-corrected chi connectivity index (χ4v) is 3.91. The normalized spacial score (nSPS) is 17.9. The molecule has 7 nitrogen and oxygen atoms in total. The number of rotatable bonds is 7. The summed E-state index contributed by atoms with van der Waals surface area (Å²) in [6.07, 6.45) is 3.17. The van der Waals surface area contributed by atoms with Gasteiger partial charge >= 0.3 is 5.97 Å². The third kappa shape index (κ3) is 3.62. The van der Waals surface area contributed by atoms with E-state index in [9.17, 15) is 9.90 Å². The van der Waals surface area contributed by atoms with Gasteiger partial charge in [0.25, 0.3) is 0 Å². The second-order valence-electron chi connectivity index (χ2n) is 6.80. The number of aromatic nitrogens is 1. The molecule has 1 aromatic carbocycles. The number of nitrogens with zero attached hydrogens (tertiary/aromatic N) is 2. The Kier molecular flexibility index (Phi) is 6.04. The quantitative estimate of drug-likeness (QED) is 0.783. The molecule has 1 aromatic heterocycles. The molecule has 28 heavy (non-hydrogen) atoms. The maximum absolute atomic E-state index is 11.9. The number of hydrogen-bond donors (Lipinski definition) is 1. The van der Waals surface area contributed by atoms with Crippen molar-refractivity contribution >= 4 is 5.97 Å². The lowest BCUT2D eigenvalue weighted by Crippen LogP contribution is -2.39. The largest absolute Gasteiger partial charge is 0.493 e. The molecule has 7 heteroatoms. The minimum atomic E-state index is -0.816. The molecule has 1 aliphatic rings. The minimum absolute atomic E-state index is 0.335. The lowest BCUT2D eigenvalue weighted by Gasteiger charge is -2.32. The average molecular weight is 386 g/mol. The van der Waals surface area contributed by atoms with Crippen molar-refractivity contribution in [3.05, 3.63) is 47.3 Å². The van der Waals surface area contributed by atoms with E-state index in [0.717, 1.165) is 23.2 Å². The van der Waals surface area contributed by atoms with Gasteiger partial charge in [-0.25, -0.2) is 0 Å². The lowest BCUT2D eigenvalue weighted by molar-refractivity contribution is -0.142. The third-order valence-corrected chi connectivity index (χ3v) is 5.22. The van der Waals surface area contributed by atoms with Gasteiger partial charge in [-0.3, -0.25) is 14.7 Å². The first kappa shape index (κ1) is 19.9. The van der Waals surface area contributed by atoms with Crippen LogP contribution in [0.25, 0.3) is 0 Å². The van der Waals surface area contributed by atoms with E-state index in [1.54, 1.807) is 27.5 Å². The number of hydrogen-bond acceptors (Lipinski definition) is 6. The summed E-state index contributed by atoms with van der Waals surface area (Å²) in [6.45, 7) is 2.66. The molecule has 0 aliphatic carbocycles. The number of pyridine rings is 1. The smallest absolute Gasteiger partial charge is 0.320 e. The number of ether oxygens (including phenoxy) is 3. The molecule has 150 valence electrons. The first-order valence-electron chi connectivity index (χ1n) is 9.21. The predicted octanol–water partition coefficient (Wildman–Crippen LogP) is 3.05. The highest BCUT2D eigenvalue weighted by Crippen LogP contribution is 2.43. The summed E-state index contributed by atoms with van der Waals surface area (Å²) in [5, 5.41) is 9.75. The zero-order valence-electron chi connectivity index (χ0n) is 16.6. The van der Waals surface area contributed by atoms with Crippen LogP contribution in [0.4, 0.5) is 0 Å². The summed E-state index contributed by atoms with van der Waals surface area (Å²) in [5.74, 6) is 0.744. The average Bonchev–Trinajstić information content (AvgIpc) is 3.18. The van der Waals surface area contributed by atoms with E-state index in [2.05, 4.69) is 4.98 Å². The number of carbonyl (C=O) groups is 1. The third-order valence-electron chi connectivity index (χ3n) is 5.22. The minimum Gasteiger partial charge on any atom is -0.493 e. The zero-order valence-corrected chi connectivity index (χ0v) is 16.6. The van der Waals surface area contributed by atoms with Crippen molar-refractivity contribution in [1.82, 2.24) is 9.88 Å². The standard InChI is InChI=1S/C21H26N2O5/c1-13-7-5-9-22-18(13)19(23-10-6-8-15(23)21(24)25)14-11-16(26-2)20(28-4)17(12-14)27-3/h5,7,9,11-12,15,19H,6,8,10H2,1-4H3,(H,24,25). The van der Waals surface area contributed by atoms with Gasteiger partial charge in [-0.05, 0) is 49.1 Å². The number of methoxy groups -OCH3 is 3. The van der Waals surface area contributed by atoms with Crippen LogP contribution < -0.4 is 14.2 Å². The van der Waals surface area contributed by atoms with Gasteiger partial charge in [0, 0.05) is 12.7 Å². The van der Waals surface area contributed by atoms with Gasteiger partial charge < -0.3 is 19.3 Å². The van der Waals surface area contributed by atoms with Crippen molar-refractivity contribution < 1.29 is 24.1 Å². The van der Waals surface area contributed by atoms with E-state index in [1.165, 1.54) is 0 Å². The Balaban J connectivity index is 2.20. The number of carboxylic acids is 1. The molecule has 2 aromatic rings. The van der Waals surface area contributed by atoms with Crippen LogP contribution in [-0.2, 0) is 4.79 Å². The molecular formula is C21H26N2O5. The second-order valence-corrected chi connectivity index (χ2v) is 6.80. The van der Waals surface area contributed by atoms with Crippen LogP contribution in [0.3, 0.4) is 0 Å². The fraction of sp³-hybridized carbons (Fsp3) is 0.429. The van der Waals surface area contributed by atoms with Crippen molar-refractivity contribution in [3.8, 4) is 17.2 Å². The Morgan fingerprint density at radius 1 is 1.21 bits per heavy atom. The van der Waals surface area contributed by atoms with E-state index in [0.29, 0.717) is 30.2 Å². The number of aliphatic carboxylic acids is 1. The summed E-state index contributed by atoms with van der Waals surface area (Å²) < 4.78 is 16.5. The maximum Gasteiger partial charge on any atom is 0.320 e. The second kappa shape index (κ2) is 8.48. The molecule has 2 atom stereocenters. The summed E-state index contributed by atoms with van der Waals surface area (Å²) in [7, 11) is 4.69. The molecule has 3 rings (SSSR count). The lowest BCUT2D eigenvalue weighted by atomic mass is 9.96. The number of benzene rings is 1. The Morgan fingerprint density at radius 3 is 2.43 bits per heavy atom. The van der Waals surface area contributed by atoms with Gasteiger partial charge in [-0.1, -0.05) is 6.07 Å². The molecule has 1 N–H and O–H groups in total. The van der Waals surface area contributed by atoms with Crippen molar-refractivity contribution in [3.63, 3.8) is 0 Å². The van der Waals surface area contributed by atoms with Crippen LogP contribution in [-0.4, -0.2) is 54.9 Å². The van der Waals surface area contributed by atoms with E-state index in [1.807, 2.05) is 36.1 Å². The number of likely N-dealkylation sites (tertiary alicyclic amines) is 1. The van der Waals surface area contributed by atoms with Crippen molar-refractivity contribution in [2.24, 2.45) is 0 Å². The Morgan fingerprint density at radius 2 is 1.89 bits per heavy atom. The highest BCUT2D eigenvalue weighted by Gasteiger charge is 2.38. The van der Waals surface area contributed by atoms with Gasteiger partial charge in [0.15, 0.2) is 11.5 Å². The van der Waals surface area contributed by atoms with Crippen molar-refractivity contribution in [2.75, 3.05) is 27.9 Å². The topological polar surface area (TPSA) is 81.1 Å². The molecule has 0 amide bonds. The summed E-state index contributed by atoms with van der Waals surface area (Å²) in [4.78, 5) is 18.5. The SMILES string of the molecule is COc1cc(C(c2ncccc2C)N2CCCC2C(=O)O)cc(OC)c1OC.